The van der Waals surface area contributed by atoms with Crippen molar-refractivity contribution in [2.24, 2.45) is 0 Å². The lowest BCUT2D eigenvalue weighted by atomic mass is 10.1. The second-order valence-electron chi connectivity index (χ2n) is 5.49. The lowest BCUT2D eigenvalue weighted by Crippen LogP contribution is -2.27. The van der Waals surface area contributed by atoms with Gasteiger partial charge in [0.1, 0.15) is 0 Å². The summed E-state index contributed by atoms with van der Waals surface area (Å²) in [5.74, 6) is 0. The number of benzene rings is 1. The van der Waals surface area contributed by atoms with Crippen LogP contribution in [-0.2, 0) is 6.54 Å². The minimum atomic E-state index is 0.587. The summed E-state index contributed by atoms with van der Waals surface area (Å²) in [6, 6.07) is 9.26. The van der Waals surface area contributed by atoms with E-state index >= 15 is 0 Å². The lowest BCUT2D eigenvalue weighted by Gasteiger charge is -2.12. The molecular formula is C16H21N3. The molecule has 0 amide bonds. The number of aryl methyl sites for hydroxylation is 1. The van der Waals surface area contributed by atoms with Crippen LogP contribution in [0.4, 0.5) is 0 Å². The highest BCUT2D eigenvalue weighted by molar-refractivity contribution is 5.65. The maximum atomic E-state index is 4.55. The highest BCUT2D eigenvalue weighted by atomic mass is 15.3. The third kappa shape index (κ3) is 2.56. The smallest absolute Gasteiger partial charge is 0.0571 e. The topological polar surface area (TPSA) is 29.9 Å². The summed E-state index contributed by atoms with van der Waals surface area (Å²) >= 11 is 0. The number of rotatable bonds is 3. The van der Waals surface area contributed by atoms with E-state index in [1.807, 2.05) is 6.20 Å². The van der Waals surface area contributed by atoms with E-state index in [-0.39, 0.29) is 0 Å². The highest BCUT2D eigenvalue weighted by Gasteiger charge is 2.17. The zero-order valence-corrected chi connectivity index (χ0v) is 11.7. The minimum Gasteiger partial charge on any atom is -0.312 e. The molecule has 0 spiro atoms. The fourth-order valence-corrected chi connectivity index (χ4v) is 2.77. The van der Waals surface area contributed by atoms with Crippen molar-refractivity contribution in [3.05, 3.63) is 41.7 Å². The van der Waals surface area contributed by atoms with Crippen molar-refractivity contribution in [1.29, 1.82) is 0 Å². The molecule has 0 bridgehead atoms. The molecule has 1 unspecified atom stereocenters. The largest absolute Gasteiger partial charge is 0.312 e. The molecule has 3 nitrogen and oxygen atoms in total. The zero-order chi connectivity index (χ0) is 13.2. The van der Waals surface area contributed by atoms with E-state index in [2.05, 4.69) is 53.2 Å². The molecule has 1 N–H and O–H groups in total. The first-order valence-electron chi connectivity index (χ1n) is 7.07. The second kappa shape index (κ2) is 5.17. The van der Waals surface area contributed by atoms with E-state index in [0.717, 1.165) is 13.1 Å². The number of hydrogen-bond acceptors (Lipinski definition) is 2. The predicted octanol–water partition coefficient (Wildman–Crippen LogP) is 2.92. The highest BCUT2D eigenvalue weighted by Crippen LogP contribution is 2.23. The lowest BCUT2D eigenvalue weighted by molar-refractivity contribution is 0.469. The van der Waals surface area contributed by atoms with Crippen molar-refractivity contribution in [1.82, 2.24) is 15.1 Å². The Hall–Kier alpha value is -1.61. The normalized spacial score (nSPS) is 18.9. The molecule has 100 valence electrons. The fourth-order valence-electron chi connectivity index (χ4n) is 2.77. The van der Waals surface area contributed by atoms with Crippen LogP contribution >= 0.6 is 0 Å². The molecule has 3 rings (SSSR count). The Bertz CT molecular complexity index is 548. The van der Waals surface area contributed by atoms with Gasteiger partial charge in [-0.2, -0.15) is 5.10 Å². The number of aromatic nitrogens is 2. The van der Waals surface area contributed by atoms with E-state index in [9.17, 15) is 0 Å². The van der Waals surface area contributed by atoms with Crippen molar-refractivity contribution in [3.8, 4) is 11.1 Å². The molecule has 0 saturated carbocycles. The molecule has 0 radical (unpaired) electrons. The summed E-state index contributed by atoms with van der Waals surface area (Å²) in [4.78, 5) is 0. The van der Waals surface area contributed by atoms with Crippen molar-refractivity contribution < 1.29 is 0 Å². The van der Waals surface area contributed by atoms with Gasteiger partial charge in [0.25, 0.3) is 0 Å². The van der Waals surface area contributed by atoms with Gasteiger partial charge in [-0.15, -0.1) is 0 Å². The van der Waals surface area contributed by atoms with Crippen molar-refractivity contribution in [2.75, 3.05) is 6.54 Å². The van der Waals surface area contributed by atoms with E-state index in [1.54, 1.807) is 0 Å². The van der Waals surface area contributed by atoms with Gasteiger partial charge in [0.05, 0.1) is 12.7 Å². The molecule has 1 aliphatic heterocycles. The van der Waals surface area contributed by atoms with Crippen molar-refractivity contribution in [3.63, 3.8) is 0 Å². The van der Waals surface area contributed by atoms with Crippen molar-refractivity contribution in [2.45, 2.75) is 39.3 Å². The van der Waals surface area contributed by atoms with E-state index in [1.165, 1.54) is 35.2 Å². The molecule has 1 atom stereocenters. The standard InChI is InChI=1S/C16H21N3/c1-12-5-7-14(8-6-12)16-10-18-19(13(16)2)11-15-4-3-9-17-15/h5-8,10,15,17H,3-4,9,11H2,1-2H3. The van der Waals surface area contributed by atoms with Crippen LogP contribution in [0.15, 0.2) is 30.5 Å². The minimum absolute atomic E-state index is 0.587. The molecular weight excluding hydrogens is 234 g/mol. The van der Waals surface area contributed by atoms with Crippen LogP contribution in [0.2, 0.25) is 0 Å². The first-order chi connectivity index (χ1) is 9.24. The summed E-state index contributed by atoms with van der Waals surface area (Å²) in [6.07, 6.45) is 4.55. The van der Waals surface area contributed by atoms with Crippen LogP contribution in [0.25, 0.3) is 11.1 Å². The molecule has 0 aliphatic carbocycles. The van der Waals surface area contributed by atoms with Gasteiger partial charge in [-0.1, -0.05) is 29.8 Å². The first kappa shape index (κ1) is 12.4. The third-order valence-corrected chi connectivity index (χ3v) is 4.02. The predicted molar refractivity (Wildman–Crippen MR) is 78.2 cm³/mol. The Morgan fingerprint density at radius 1 is 1.26 bits per heavy atom. The fraction of sp³-hybridized carbons (Fsp3) is 0.438. The van der Waals surface area contributed by atoms with Crippen molar-refractivity contribution >= 4 is 0 Å². The Morgan fingerprint density at radius 2 is 2.05 bits per heavy atom. The maximum Gasteiger partial charge on any atom is 0.0571 e. The molecule has 2 aromatic rings. The van der Waals surface area contributed by atoms with Crippen LogP contribution < -0.4 is 5.32 Å². The Balaban J connectivity index is 1.83. The molecule has 1 saturated heterocycles. The van der Waals surface area contributed by atoms with Crippen LogP contribution in [0.3, 0.4) is 0 Å². The Morgan fingerprint density at radius 3 is 2.74 bits per heavy atom. The Kier molecular flexibility index (Phi) is 3.38. The quantitative estimate of drug-likeness (QED) is 0.914. The maximum absolute atomic E-state index is 4.55. The summed E-state index contributed by atoms with van der Waals surface area (Å²) in [5, 5.41) is 8.08. The first-order valence-corrected chi connectivity index (χ1v) is 7.07. The number of nitrogens with one attached hydrogen (secondary N) is 1. The summed E-state index contributed by atoms with van der Waals surface area (Å²) in [5.41, 5.74) is 5.06. The zero-order valence-electron chi connectivity index (χ0n) is 11.7. The van der Waals surface area contributed by atoms with Gasteiger partial charge in [-0.25, -0.2) is 0 Å². The van der Waals surface area contributed by atoms with E-state index in [4.69, 9.17) is 0 Å². The second-order valence-corrected chi connectivity index (χ2v) is 5.49. The average Bonchev–Trinajstić information content (AvgIpc) is 3.03. The van der Waals surface area contributed by atoms with Gasteiger partial charge in [-0.3, -0.25) is 4.68 Å². The molecule has 1 aromatic heterocycles. The third-order valence-electron chi connectivity index (χ3n) is 4.02. The Labute approximate surface area is 114 Å². The average molecular weight is 255 g/mol. The molecule has 1 fully saturated rings. The molecule has 1 aliphatic rings. The molecule has 19 heavy (non-hydrogen) atoms. The van der Waals surface area contributed by atoms with Gasteiger partial charge in [-0.05, 0) is 38.8 Å². The molecule has 1 aromatic carbocycles. The van der Waals surface area contributed by atoms with Gasteiger partial charge >= 0.3 is 0 Å². The van der Waals surface area contributed by atoms with Gasteiger partial charge in [0, 0.05) is 17.3 Å². The summed E-state index contributed by atoms with van der Waals surface area (Å²) in [7, 11) is 0. The van der Waals surface area contributed by atoms with E-state index < -0.39 is 0 Å². The number of hydrogen-bond donors (Lipinski definition) is 1. The van der Waals surface area contributed by atoms with Crippen LogP contribution in [0.1, 0.15) is 24.1 Å². The molecule has 3 heteroatoms. The van der Waals surface area contributed by atoms with Crippen LogP contribution in [0, 0.1) is 13.8 Å². The summed E-state index contributed by atoms with van der Waals surface area (Å²) < 4.78 is 2.14. The van der Waals surface area contributed by atoms with Crippen LogP contribution in [-0.4, -0.2) is 22.4 Å². The van der Waals surface area contributed by atoms with Gasteiger partial charge in [0.15, 0.2) is 0 Å². The SMILES string of the molecule is Cc1ccc(-c2cnn(CC3CCCN3)c2C)cc1. The van der Waals surface area contributed by atoms with Gasteiger partial charge in [0.2, 0.25) is 0 Å². The van der Waals surface area contributed by atoms with Crippen LogP contribution in [0.5, 0.6) is 0 Å². The van der Waals surface area contributed by atoms with E-state index in [0.29, 0.717) is 6.04 Å². The molecule has 2 heterocycles. The number of nitrogens with zero attached hydrogens (tertiary/aromatic N) is 2. The monoisotopic (exact) mass is 255 g/mol. The summed E-state index contributed by atoms with van der Waals surface area (Å²) in [6.45, 7) is 6.41. The van der Waals surface area contributed by atoms with Gasteiger partial charge < -0.3 is 5.32 Å².